The fourth-order valence-electron chi connectivity index (χ4n) is 3.27. The van der Waals surface area contributed by atoms with Gasteiger partial charge in [-0.25, -0.2) is 0 Å². The van der Waals surface area contributed by atoms with Crippen LogP contribution in [0.15, 0.2) is 54.6 Å². The number of rotatable bonds is 6. The van der Waals surface area contributed by atoms with Gasteiger partial charge in [-0.1, -0.05) is 30.3 Å². The second-order valence-electron chi connectivity index (χ2n) is 6.39. The zero-order valence-corrected chi connectivity index (χ0v) is 14.8. The zero-order chi connectivity index (χ0) is 15.9. The van der Waals surface area contributed by atoms with Gasteiger partial charge in [0.25, 0.3) is 0 Å². The number of nitrogens with zero attached hydrogens (tertiary/aromatic N) is 1. The Kier molecular flexibility index (Phi) is 7.41. The van der Waals surface area contributed by atoms with E-state index in [-0.39, 0.29) is 12.4 Å². The van der Waals surface area contributed by atoms with Crippen LogP contribution >= 0.6 is 12.4 Å². The summed E-state index contributed by atoms with van der Waals surface area (Å²) in [7, 11) is 0. The van der Waals surface area contributed by atoms with Crippen molar-refractivity contribution >= 4 is 18.1 Å². The normalized spacial score (nSPS) is 14.8. The summed E-state index contributed by atoms with van der Waals surface area (Å²) >= 11 is 0. The second kappa shape index (κ2) is 9.55. The standard InChI is InChI=1S/C20H26N2O.ClH/c23-20-8-6-19(7-9-20)22(16-18-10-13-21-14-11-18)15-12-17-4-2-1-3-5-17;/h1-9,18,21,23H,10-16H2;1H. The number of phenols is 1. The highest BCUT2D eigenvalue weighted by Crippen LogP contribution is 2.22. The molecule has 24 heavy (non-hydrogen) atoms. The predicted molar refractivity (Wildman–Crippen MR) is 103 cm³/mol. The largest absolute Gasteiger partial charge is 0.508 e. The summed E-state index contributed by atoms with van der Waals surface area (Å²) in [5.41, 5.74) is 2.58. The Balaban J connectivity index is 0.00000208. The van der Waals surface area contributed by atoms with Crippen LogP contribution in [0.4, 0.5) is 5.69 Å². The summed E-state index contributed by atoms with van der Waals surface area (Å²) in [6.07, 6.45) is 3.55. The monoisotopic (exact) mass is 346 g/mol. The summed E-state index contributed by atoms with van der Waals surface area (Å²) in [4.78, 5) is 2.47. The SMILES string of the molecule is Cl.Oc1ccc(N(CCc2ccccc2)CC2CCNCC2)cc1. The molecular formula is C20H27ClN2O. The summed E-state index contributed by atoms with van der Waals surface area (Å²) in [6, 6.07) is 18.3. The lowest BCUT2D eigenvalue weighted by Gasteiger charge is -2.32. The Morgan fingerprint density at radius 1 is 0.958 bits per heavy atom. The fraction of sp³-hybridized carbons (Fsp3) is 0.400. The second-order valence-corrected chi connectivity index (χ2v) is 6.39. The van der Waals surface area contributed by atoms with Gasteiger partial charge in [-0.2, -0.15) is 0 Å². The molecule has 130 valence electrons. The van der Waals surface area contributed by atoms with E-state index in [9.17, 15) is 5.11 Å². The third kappa shape index (κ3) is 5.43. The molecule has 2 aromatic carbocycles. The van der Waals surface area contributed by atoms with E-state index in [4.69, 9.17) is 0 Å². The molecule has 0 spiro atoms. The number of hydrogen-bond donors (Lipinski definition) is 2. The van der Waals surface area contributed by atoms with Crippen molar-refractivity contribution in [1.82, 2.24) is 5.32 Å². The molecule has 1 aliphatic heterocycles. The molecule has 2 aromatic rings. The minimum atomic E-state index is 0. The first-order valence-corrected chi connectivity index (χ1v) is 8.60. The van der Waals surface area contributed by atoms with Gasteiger partial charge >= 0.3 is 0 Å². The number of halogens is 1. The van der Waals surface area contributed by atoms with Gasteiger partial charge in [-0.3, -0.25) is 0 Å². The Morgan fingerprint density at radius 2 is 1.62 bits per heavy atom. The number of phenolic OH excluding ortho intramolecular Hbond substituents is 1. The molecule has 4 heteroatoms. The molecule has 1 saturated heterocycles. The van der Waals surface area contributed by atoms with Crippen molar-refractivity contribution < 1.29 is 5.11 Å². The lowest BCUT2D eigenvalue weighted by molar-refractivity contribution is 0.373. The van der Waals surface area contributed by atoms with E-state index >= 15 is 0 Å². The van der Waals surface area contributed by atoms with Gasteiger partial charge in [0.05, 0.1) is 0 Å². The average molecular weight is 347 g/mol. The van der Waals surface area contributed by atoms with Gasteiger partial charge in [-0.05, 0) is 68.1 Å². The molecule has 1 heterocycles. The topological polar surface area (TPSA) is 35.5 Å². The van der Waals surface area contributed by atoms with Crippen molar-refractivity contribution in [2.75, 3.05) is 31.1 Å². The number of benzene rings is 2. The third-order valence-electron chi connectivity index (χ3n) is 4.67. The minimum Gasteiger partial charge on any atom is -0.508 e. The third-order valence-corrected chi connectivity index (χ3v) is 4.67. The Bertz CT molecular complexity index is 582. The van der Waals surface area contributed by atoms with Crippen molar-refractivity contribution in [3.05, 3.63) is 60.2 Å². The van der Waals surface area contributed by atoms with E-state index in [1.807, 2.05) is 12.1 Å². The molecule has 0 aliphatic carbocycles. The lowest BCUT2D eigenvalue weighted by Crippen LogP contribution is -2.37. The van der Waals surface area contributed by atoms with Crippen molar-refractivity contribution in [3.63, 3.8) is 0 Å². The molecule has 3 rings (SSSR count). The van der Waals surface area contributed by atoms with E-state index in [2.05, 4.69) is 40.5 Å². The van der Waals surface area contributed by atoms with Gasteiger partial charge < -0.3 is 15.3 Å². The van der Waals surface area contributed by atoms with Gasteiger partial charge in [0.1, 0.15) is 5.75 Å². The molecule has 2 N–H and O–H groups in total. The van der Waals surface area contributed by atoms with Gasteiger partial charge in [-0.15, -0.1) is 12.4 Å². The van der Waals surface area contributed by atoms with Crippen LogP contribution in [0.25, 0.3) is 0 Å². The predicted octanol–water partition coefficient (Wildman–Crippen LogP) is 3.86. The number of hydrogen-bond acceptors (Lipinski definition) is 3. The molecule has 0 bridgehead atoms. The first-order chi connectivity index (χ1) is 11.3. The van der Waals surface area contributed by atoms with Crippen LogP contribution < -0.4 is 10.2 Å². The van der Waals surface area contributed by atoms with Crippen LogP contribution in [0, 0.1) is 5.92 Å². The van der Waals surface area contributed by atoms with Crippen LogP contribution in [0.2, 0.25) is 0 Å². The molecule has 0 radical (unpaired) electrons. The van der Waals surface area contributed by atoms with Crippen LogP contribution in [0.5, 0.6) is 5.75 Å². The average Bonchev–Trinajstić information content (AvgIpc) is 2.61. The first-order valence-electron chi connectivity index (χ1n) is 8.60. The first kappa shape index (κ1) is 18.6. The lowest BCUT2D eigenvalue weighted by atomic mass is 9.97. The smallest absolute Gasteiger partial charge is 0.115 e. The molecule has 3 nitrogen and oxygen atoms in total. The van der Waals surface area contributed by atoms with Gasteiger partial charge in [0.2, 0.25) is 0 Å². The minimum absolute atomic E-state index is 0. The number of nitrogens with one attached hydrogen (secondary N) is 1. The summed E-state index contributed by atoms with van der Waals surface area (Å²) in [5.74, 6) is 1.08. The van der Waals surface area contributed by atoms with E-state index < -0.39 is 0 Å². The van der Waals surface area contributed by atoms with Crippen molar-refractivity contribution in [1.29, 1.82) is 0 Å². The van der Waals surface area contributed by atoms with E-state index in [0.717, 1.165) is 38.5 Å². The number of piperidine rings is 1. The Morgan fingerprint density at radius 3 is 2.29 bits per heavy atom. The number of anilines is 1. The van der Waals surface area contributed by atoms with Crippen molar-refractivity contribution in [2.45, 2.75) is 19.3 Å². The summed E-state index contributed by atoms with van der Waals surface area (Å²) < 4.78 is 0. The maximum atomic E-state index is 9.54. The molecular weight excluding hydrogens is 320 g/mol. The maximum Gasteiger partial charge on any atom is 0.115 e. The Labute approximate surface area is 151 Å². The molecule has 0 amide bonds. The van der Waals surface area contributed by atoms with Crippen LogP contribution in [0.1, 0.15) is 18.4 Å². The van der Waals surface area contributed by atoms with Crippen molar-refractivity contribution in [2.24, 2.45) is 5.92 Å². The van der Waals surface area contributed by atoms with E-state index in [0.29, 0.717) is 5.75 Å². The molecule has 0 aromatic heterocycles. The molecule has 1 aliphatic rings. The van der Waals surface area contributed by atoms with Crippen LogP contribution in [0.3, 0.4) is 0 Å². The van der Waals surface area contributed by atoms with Crippen molar-refractivity contribution in [3.8, 4) is 5.75 Å². The van der Waals surface area contributed by atoms with E-state index in [1.54, 1.807) is 12.1 Å². The highest BCUT2D eigenvalue weighted by atomic mass is 35.5. The van der Waals surface area contributed by atoms with Gasteiger partial charge in [0, 0.05) is 18.8 Å². The Hall–Kier alpha value is -1.71. The van der Waals surface area contributed by atoms with Gasteiger partial charge in [0.15, 0.2) is 0 Å². The highest BCUT2D eigenvalue weighted by Gasteiger charge is 2.17. The fourth-order valence-corrected chi connectivity index (χ4v) is 3.27. The summed E-state index contributed by atoms with van der Waals surface area (Å²) in [5, 5.41) is 13.0. The highest BCUT2D eigenvalue weighted by molar-refractivity contribution is 5.85. The maximum absolute atomic E-state index is 9.54. The van der Waals surface area contributed by atoms with E-state index in [1.165, 1.54) is 24.1 Å². The number of aromatic hydroxyl groups is 1. The molecule has 0 unspecified atom stereocenters. The molecule has 0 atom stereocenters. The summed E-state index contributed by atoms with van der Waals surface area (Å²) in [6.45, 7) is 4.37. The van der Waals surface area contributed by atoms with Crippen LogP contribution in [-0.2, 0) is 6.42 Å². The molecule has 0 saturated carbocycles. The van der Waals surface area contributed by atoms with Crippen LogP contribution in [-0.4, -0.2) is 31.3 Å². The zero-order valence-electron chi connectivity index (χ0n) is 14.0. The quantitative estimate of drug-likeness (QED) is 0.833. The molecule has 1 fully saturated rings.